The fraction of sp³-hybridized carbons (Fsp3) is 0.143. The van der Waals surface area contributed by atoms with Gasteiger partial charge in [0.15, 0.2) is 0 Å². The summed E-state index contributed by atoms with van der Waals surface area (Å²) >= 11 is 0. The van der Waals surface area contributed by atoms with E-state index in [0.717, 1.165) is 11.8 Å². The molecule has 0 amide bonds. The molecular weight excluding hydrogens is 116 g/mol. The normalized spacial score (nSPS) is 8.89. The van der Waals surface area contributed by atoms with Gasteiger partial charge in [-0.15, -0.1) is 0 Å². The summed E-state index contributed by atoms with van der Waals surface area (Å²) in [4.78, 5) is 0. The molecule has 1 rings (SSSR count). The van der Waals surface area contributed by atoms with Gasteiger partial charge >= 0.3 is 0 Å². The van der Waals surface area contributed by atoms with Gasteiger partial charge in [-0.3, -0.25) is 0 Å². The van der Waals surface area contributed by atoms with E-state index in [0.29, 0.717) is 6.61 Å². The molecule has 0 unspecified atom stereocenters. The van der Waals surface area contributed by atoms with Crippen LogP contribution in [-0.4, -0.2) is 0 Å². The zero-order valence-electron chi connectivity index (χ0n) is 4.91. The Hall–Kier alpha value is -1.18. The first-order chi connectivity index (χ1) is 4.43. The first-order valence-electron chi connectivity index (χ1n) is 2.59. The summed E-state index contributed by atoms with van der Waals surface area (Å²) in [7, 11) is 0. The lowest BCUT2D eigenvalue weighted by atomic mass is 10.4. The topological polar surface area (TPSA) is 22.4 Å². The number of furan rings is 1. The lowest BCUT2D eigenvalue weighted by Gasteiger charge is -1.92. The van der Waals surface area contributed by atoms with E-state index in [4.69, 9.17) is 15.7 Å². The number of hydrogen-bond acceptors (Lipinski definition) is 2. The summed E-state index contributed by atoms with van der Waals surface area (Å²) in [5.41, 5.74) is 0.983. The van der Waals surface area contributed by atoms with Gasteiger partial charge in [0, 0.05) is 5.56 Å². The van der Waals surface area contributed by atoms with Crippen molar-refractivity contribution >= 4 is 0 Å². The molecule has 0 aliphatic rings. The van der Waals surface area contributed by atoms with Crippen LogP contribution in [0.5, 0.6) is 0 Å². The van der Waals surface area contributed by atoms with Crippen molar-refractivity contribution < 1.29 is 9.15 Å². The third-order valence-electron chi connectivity index (χ3n) is 0.926. The van der Waals surface area contributed by atoms with E-state index >= 15 is 0 Å². The van der Waals surface area contributed by atoms with E-state index in [1.807, 2.05) is 6.07 Å². The Morgan fingerprint density at radius 3 is 3.22 bits per heavy atom. The Kier molecular flexibility index (Phi) is 1.96. The molecule has 0 saturated carbocycles. The highest BCUT2D eigenvalue weighted by molar-refractivity contribution is 5.03. The molecule has 1 radical (unpaired) electrons. The fourth-order valence-corrected chi connectivity index (χ4v) is 0.519. The maximum absolute atomic E-state index is 4.97. The predicted octanol–water partition coefficient (Wildman–Crippen LogP) is 1.74. The quantitative estimate of drug-likeness (QED) is 0.571. The van der Waals surface area contributed by atoms with E-state index < -0.39 is 0 Å². The molecule has 0 fully saturated rings. The molecule has 2 nitrogen and oxygen atoms in total. The molecule has 0 atom stereocenters. The van der Waals surface area contributed by atoms with Gasteiger partial charge in [-0.25, -0.2) is 0 Å². The van der Waals surface area contributed by atoms with Gasteiger partial charge < -0.3 is 9.15 Å². The van der Waals surface area contributed by atoms with Gasteiger partial charge in [0.25, 0.3) is 0 Å². The first kappa shape index (κ1) is 5.95. The lowest BCUT2D eigenvalue weighted by Crippen LogP contribution is -1.80. The maximum Gasteiger partial charge on any atom is 0.115 e. The Morgan fingerprint density at radius 1 is 1.78 bits per heavy atom. The molecule has 0 saturated heterocycles. The minimum absolute atomic E-state index is 0.479. The molecule has 0 aromatic carbocycles. The van der Waals surface area contributed by atoms with Crippen molar-refractivity contribution in [2.24, 2.45) is 0 Å². The second-order valence-corrected chi connectivity index (χ2v) is 1.58. The van der Waals surface area contributed by atoms with Crippen molar-refractivity contribution in [2.45, 2.75) is 6.61 Å². The molecular formula is C7H7O2. The summed E-state index contributed by atoms with van der Waals surface area (Å²) in [6.07, 6.45) is 4.37. The monoisotopic (exact) mass is 123 g/mol. The van der Waals surface area contributed by atoms with Crippen LogP contribution in [0.2, 0.25) is 0 Å². The van der Waals surface area contributed by atoms with Gasteiger partial charge in [-0.1, -0.05) is 0 Å². The van der Waals surface area contributed by atoms with Crippen LogP contribution in [0.25, 0.3) is 0 Å². The summed E-state index contributed by atoms with van der Waals surface area (Å²) in [5, 5.41) is 0. The van der Waals surface area contributed by atoms with Crippen LogP contribution in [0.3, 0.4) is 0 Å². The van der Waals surface area contributed by atoms with E-state index in [1.165, 1.54) is 0 Å². The zero-order chi connectivity index (χ0) is 6.53. The van der Waals surface area contributed by atoms with Crippen LogP contribution in [0.1, 0.15) is 5.56 Å². The summed E-state index contributed by atoms with van der Waals surface area (Å²) in [5.74, 6) is 0. The van der Waals surface area contributed by atoms with Crippen LogP contribution >= 0.6 is 0 Å². The van der Waals surface area contributed by atoms with Crippen molar-refractivity contribution in [3.05, 3.63) is 37.0 Å². The Labute approximate surface area is 53.7 Å². The molecule has 47 valence electrons. The number of rotatable bonds is 3. The van der Waals surface area contributed by atoms with Gasteiger partial charge in [0.05, 0.1) is 18.8 Å². The largest absolute Gasteiger partial charge is 0.496 e. The second-order valence-electron chi connectivity index (χ2n) is 1.58. The SMILES string of the molecule is [CH]=COCc1ccoc1. The van der Waals surface area contributed by atoms with Crippen molar-refractivity contribution in [3.63, 3.8) is 0 Å². The van der Waals surface area contributed by atoms with Crippen molar-refractivity contribution in [1.82, 2.24) is 0 Å². The van der Waals surface area contributed by atoms with E-state index in [9.17, 15) is 0 Å². The number of hydrogen-bond donors (Lipinski definition) is 0. The molecule has 1 aromatic heterocycles. The van der Waals surface area contributed by atoms with Gasteiger partial charge in [-0.05, 0) is 12.6 Å². The molecule has 9 heavy (non-hydrogen) atoms. The highest BCUT2D eigenvalue weighted by Crippen LogP contribution is 2.00. The van der Waals surface area contributed by atoms with Crippen molar-refractivity contribution in [1.29, 1.82) is 0 Å². The molecule has 0 aliphatic carbocycles. The van der Waals surface area contributed by atoms with Crippen molar-refractivity contribution in [2.75, 3.05) is 0 Å². The molecule has 2 heteroatoms. The maximum atomic E-state index is 4.97. The summed E-state index contributed by atoms with van der Waals surface area (Å²) in [6.45, 7) is 5.45. The van der Waals surface area contributed by atoms with E-state index in [2.05, 4.69) is 0 Å². The Bertz CT molecular complexity index is 165. The highest BCUT2D eigenvalue weighted by atomic mass is 16.5. The highest BCUT2D eigenvalue weighted by Gasteiger charge is 1.89. The summed E-state index contributed by atoms with van der Waals surface area (Å²) < 4.78 is 9.55. The lowest BCUT2D eigenvalue weighted by molar-refractivity contribution is 0.236. The average Bonchev–Trinajstić information content (AvgIpc) is 2.34. The minimum Gasteiger partial charge on any atom is -0.496 e. The third kappa shape index (κ3) is 1.64. The minimum atomic E-state index is 0.479. The molecule has 0 spiro atoms. The van der Waals surface area contributed by atoms with Crippen LogP contribution in [-0.2, 0) is 11.3 Å². The standard InChI is InChI=1S/C7H7O2/c1-2-8-5-7-3-4-9-6-7/h1-4,6H,5H2. The Balaban J connectivity index is 2.38. The van der Waals surface area contributed by atoms with Gasteiger partial charge in [-0.2, -0.15) is 0 Å². The fourth-order valence-electron chi connectivity index (χ4n) is 0.519. The number of ether oxygens (including phenoxy) is 1. The molecule has 1 aromatic rings. The molecule has 0 bridgehead atoms. The third-order valence-corrected chi connectivity index (χ3v) is 0.926. The zero-order valence-corrected chi connectivity index (χ0v) is 4.91. The van der Waals surface area contributed by atoms with Crippen LogP contribution < -0.4 is 0 Å². The predicted molar refractivity (Wildman–Crippen MR) is 32.4 cm³/mol. The molecule has 1 heterocycles. The van der Waals surface area contributed by atoms with Gasteiger partial charge in [0.1, 0.15) is 6.61 Å². The molecule has 0 aliphatic heterocycles. The molecule has 0 N–H and O–H groups in total. The average molecular weight is 123 g/mol. The van der Waals surface area contributed by atoms with E-state index in [-0.39, 0.29) is 0 Å². The smallest absolute Gasteiger partial charge is 0.115 e. The van der Waals surface area contributed by atoms with E-state index in [1.54, 1.807) is 12.5 Å². The summed E-state index contributed by atoms with van der Waals surface area (Å²) in [6, 6.07) is 1.82. The Morgan fingerprint density at radius 2 is 2.67 bits per heavy atom. The first-order valence-corrected chi connectivity index (χ1v) is 2.59. The van der Waals surface area contributed by atoms with Crippen LogP contribution in [0, 0.1) is 6.58 Å². The van der Waals surface area contributed by atoms with Crippen molar-refractivity contribution in [3.8, 4) is 0 Å². The van der Waals surface area contributed by atoms with Crippen LogP contribution in [0.15, 0.2) is 29.3 Å². The van der Waals surface area contributed by atoms with Gasteiger partial charge in [0.2, 0.25) is 0 Å². The van der Waals surface area contributed by atoms with Crippen LogP contribution in [0.4, 0.5) is 0 Å². The second kappa shape index (κ2) is 2.97.